The molecular weight excluding hydrogens is 214 g/mol. The maximum atomic E-state index is 3.12. The molecular formula is C8H10BrMgN. The number of para-hydroxylation sites is 1. The van der Waals surface area contributed by atoms with Gasteiger partial charge in [0.05, 0.1) is 0 Å². The molecule has 0 atom stereocenters. The van der Waals surface area contributed by atoms with Gasteiger partial charge in [0, 0.05) is 11.7 Å². The minimum absolute atomic E-state index is 0. The molecule has 0 aliphatic rings. The summed E-state index contributed by atoms with van der Waals surface area (Å²) >= 11 is 0. The standard InChI is InChI=1S/C8H7N.BrH.Mg.2H/c1-2-4-8-7(3-1)5-6-9-8;;;;/h1-6,9H;1H;;;/q;;+2;2*-1. The molecule has 1 N–H and O–H groups in total. The summed E-state index contributed by atoms with van der Waals surface area (Å²) in [4.78, 5) is 3.12. The van der Waals surface area contributed by atoms with Crippen molar-refractivity contribution >= 4 is 50.9 Å². The van der Waals surface area contributed by atoms with Gasteiger partial charge >= 0.3 is 23.1 Å². The predicted molar refractivity (Wildman–Crippen MR) is 56.6 cm³/mol. The maximum absolute atomic E-state index is 3.12. The van der Waals surface area contributed by atoms with E-state index in [2.05, 4.69) is 23.2 Å². The van der Waals surface area contributed by atoms with Crippen molar-refractivity contribution in [1.29, 1.82) is 0 Å². The summed E-state index contributed by atoms with van der Waals surface area (Å²) in [6, 6.07) is 10.3. The van der Waals surface area contributed by atoms with Crippen LogP contribution in [0.5, 0.6) is 0 Å². The van der Waals surface area contributed by atoms with Gasteiger partial charge in [-0.3, -0.25) is 0 Å². The van der Waals surface area contributed by atoms with Crippen LogP contribution in [0.1, 0.15) is 2.85 Å². The summed E-state index contributed by atoms with van der Waals surface area (Å²) in [7, 11) is 0. The normalized spacial score (nSPS) is 8.36. The van der Waals surface area contributed by atoms with Gasteiger partial charge in [0.1, 0.15) is 0 Å². The molecule has 1 aromatic carbocycles. The molecule has 1 aromatic heterocycles. The fraction of sp³-hybridized carbons (Fsp3) is 0. The van der Waals surface area contributed by atoms with Gasteiger partial charge in [-0.25, -0.2) is 0 Å². The van der Waals surface area contributed by atoms with Crippen molar-refractivity contribution in [2.45, 2.75) is 0 Å². The molecule has 0 radical (unpaired) electrons. The van der Waals surface area contributed by atoms with Crippen molar-refractivity contribution in [1.82, 2.24) is 4.98 Å². The van der Waals surface area contributed by atoms with E-state index in [9.17, 15) is 0 Å². The Bertz CT molecular complexity index is 296. The Morgan fingerprint density at radius 3 is 2.55 bits per heavy atom. The van der Waals surface area contributed by atoms with E-state index in [0.29, 0.717) is 0 Å². The Morgan fingerprint density at radius 1 is 1.09 bits per heavy atom. The summed E-state index contributed by atoms with van der Waals surface area (Å²) in [5, 5.41) is 1.28. The predicted octanol–water partition coefficient (Wildman–Crippen LogP) is 2.59. The van der Waals surface area contributed by atoms with Gasteiger partial charge in [-0.2, -0.15) is 0 Å². The molecule has 0 bridgehead atoms. The quantitative estimate of drug-likeness (QED) is 0.662. The number of aromatic nitrogens is 1. The van der Waals surface area contributed by atoms with Crippen molar-refractivity contribution in [3.8, 4) is 0 Å². The zero-order chi connectivity index (χ0) is 6.10. The zero-order valence-electron chi connectivity index (χ0n) is 8.08. The number of benzene rings is 1. The average molecular weight is 224 g/mol. The molecule has 2 rings (SSSR count). The molecule has 0 aliphatic heterocycles. The van der Waals surface area contributed by atoms with E-state index in [1.807, 2.05) is 18.3 Å². The van der Waals surface area contributed by atoms with Crippen LogP contribution < -0.4 is 0 Å². The number of fused-ring (bicyclic) bond motifs is 1. The summed E-state index contributed by atoms with van der Waals surface area (Å²) in [5.41, 5.74) is 1.21. The third kappa shape index (κ3) is 2.22. The maximum Gasteiger partial charge on any atom is 2.00 e. The second-order valence-corrected chi connectivity index (χ2v) is 2.06. The van der Waals surface area contributed by atoms with Gasteiger partial charge in [0.15, 0.2) is 0 Å². The van der Waals surface area contributed by atoms with Gasteiger partial charge in [-0.05, 0) is 17.5 Å². The average Bonchev–Trinajstić information content (AvgIpc) is 2.33. The molecule has 0 spiro atoms. The molecule has 1 nitrogen and oxygen atoms in total. The first kappa shape index (κ1) is 11.0. The monoisotopic (exact) mass is 223 g/mol. The van der Waals surface area contributed by atoms with Crippen molar-refractivity contribution in [3.63, 3.8) is 0 Å². The molecule has 11 heavy (non-hydrogen) atoms. The molecule has 1 heterocycles. The van der Waals surface area contributed by atoms with Gasteiger partial charge in [0.25, 0.3) is 0 Å². The first-order valence-corrected chi connectivity index (χ1v) is 2.99. The number of hydrogen-bond acceptors (Lipinski definition) is 0. The summed E-state index contributed by atoms with van der Waals surface area (Å²) in [6.45, 7) is 0. The molecule has 56 valence electrons. The summed E-state index contributed by atoms with van der Waals surface area (Å²) in [6.07, 6.45) is 1.95. The van der Waals surface area contributed by atoms with E-state index in [-0.39, 0.29) is 42.9 Å². The van der Waals surface area contributed by atoms with Crippen LogP contribution in [0.25, 0.3) is 10.9 Å². The van der Waals surface area contributed by atoms with Crippen LogP contribution in [-0.4, -0.2) is 28.0 Å². The topological polar surface area (TPSA) is 15.8 Å². The summed E-state index contributed by atoms with van der Waals surface area (Å²) < 4.78 is 0. The number of hydrogen-bond donors (Lipinski definition) is 1. The van der Waals surface area contributed by atoms with Crippen LogP contribution in [0.2, 0.25) is 0 Å². The fourth-order valence-electron chi connectivity index (χ4n) is 0.995. The summed E-state index contributed by atoms with van der Waals surface area (Å²) in [5.74, 6) is 0. The number of rotatable bonds is 0. The zero-order valence-corrected chi connectivity index (χ0v) is 9.21. The van der Waals surface area contributed by atoms with E-state index in [1.54, 1.807) is 0 Å². The minimum Gasteiger partial charge on any atom is -1.00 e. The van der Waals surface area contributed by atoms with Crippen LogP contribution in [-0.2, 0) is 0 Å². The molecule has 0 unspecified atom stereocenters. The van der Waals surface area contributed by atoms with Crippen molar-refractivity contribution in [3.05, 3.63) is 36.5 Å². The number of H-pyrrole nitrogens is 1. The van der Waals surface area contributed by atoms with Crippen molar-refractivity contribution in [2.75, 3.05) is 0 Å². The van der Waals surface area contributed by atoms with Crippen LogP contribution in [0.15, 0.2) is 36.5 Å². The Morgan fingerprint density at radius 2 is 1.82 bits per heavy atom. The number of aromatic amines is 1. The van der Waals surface area contributed by atoms with Crippen LogP contribution in [0.4, 0.5) is 0 Å². The van der Waals surface area contributed by atoms with E-state index in [4.69, 9.17) is 0 Å². The third-order valence-electron chi connectivity index (χ3n) is 1.46. The van der Waals surface area contributed by atoms with Crippen LogP contribution in [0.3, 0.4) is 0 Å². The molecule has 2 aromatic rings. The van der Waals surface area contributed by atoms with E-state index in [1.165, 1.54) is 10.9 Å². The molecule has 0 aliphatic carbocycles. The van der Waals surface area contributed by atoms with Crippen LogP contribution >= 0.6 is 17.0 Å². The van der Waals surface area contributed by atoms with Gasteiger partial charge in [0.2, 0.25) is 0 Å². The van der Waals surface area contributed by atoms with Gasteiger partial charge in [-0.15, -0.1) is 17.0 Å². The molecule has 0 saturated heterocycles. The minimum atomic E-state index is 0. The van der Waals surface area contributed by atoms with Crippen LogP contribution in [0, 0.1) is 0 Å². The van der Waals surface area contributed by atoms with E-state index < -0.39 is 0 Å². The first-order chi connectivity index (χ1) is 4.47. The Balaban J connectivity index is -0.000000250. The molecule has 0 amide bonds. The van der Waals surface area contributed by atoms with E-state index in [0.717, 1.165) is 0 Å². The Kier molecular flexibility index (Phi) is 4.80. The third-order valence-corrected chi connectivity index (χ3v) is 1.46. The largest absolute Gasteiger partial charge is 2.00 e. The Labute approximate surface area is 95.1 Å². The number of halogens is 1. The number of nitrogens with one attached hydrogen (secondary N) is 1. The van der Waals surface area contributed by atoms with Crippen molar-refractivity contribution in [2.24, 2.45) is 0 Å². The molecule has 0 fully saturated rings. The second kappa shape index (κ2) is 4.80. The first-order valence-electron chi connectivity index (χ1n) is 2.99. The van der Waals surface area contributed by atoms with E-state index >= 15 is 0 Å². The fourth-order valence-corrected chi connectivity index (χ4v) is 0.995. The second-order valence-electron chi connectivity index (χ2n) is 2.06. The van der Waals surface area contributed by atoms with Crippen molar-refractivity contribution < 1.29 is 2.85 Å². The molecule has 3 heteroatoms. The SMILES string of the molecule is Br.[H-].[H-].[Mg+2].c1ccc2[nH]ccc2c1. The van der Waals surface area contributed by atoms with Gasteiger partial charge < -0.3 is 7.84 Å². The molecule has 0 saturated carbocycles. The van der Waals surface area contributed by atoms with Gasteiger partial charge in [-0.1, -0.05) is 18.2 Å². The smallest absolute Gasteiger partial charge is 1.00 e. The Hall–Kier alpha value is 0.00623.